The van der Waals surface area contributed by atoms with Gasteiger partial charge in [0.2, 0.25) is 41.4 Å². The van der Waals surface area contributed by atoms with E-state index in [1.54, 1.807) is 30.3 Å². The van der Waals surface area contributed by atoms with Gasteiger partial charge in [-0.3, -0.25) is 47.9 Å². The number of carboxylic acid groups (broad SMARTS) is 3. The Morgan fingerprint density at radius 3 is 1.34 bits per heavy atom. The molecule has 0 bridgehead atoms. The summed E-state index contributed by atoms with van der Waals surface area (Å²) in [6, 6.07) is -2.40. The van der Waals surface area contributed by atoms with Gasteiger partial charge in [0.1, 0.15) is 42.3 Å². The Balaban J connectivity index is 3.36. The molecule has 22 heteroatoms. The van der Waals surface area contributed by atoms with E-state index in [-0.39, 0.29) is 12.8 Å². The van der Waals surface area contributed by atoms with E-state index >= 15 is 0 Å². The Kier molecular flexibility index (Phi) is 22.4. The molecule has 0 spiro atoms. The van der Waals surface area contributed by atoms with Gasteiger partial charge in [0, 0.05) is 19.3 Å². The van der Waals surface area contributed by atoms with Gasteiger partial charge < -0.3 is 64.0 Å². The summed E-state index contributed by atoms with van der Waals surface area (Å²) in [5.74, 6) is -10.2. The zero-order chi connectivity index (χ0) is 44.8. The van der Waals surface area contributed by atoms with E-state index in [1.807, 2.05) is 0 Å². The second kappa shape index (κ2) is 26.0. The lowest BCUT2D eigenvalue weighted by molar-refractivity contribution is -0.142. The van der Waals surface area contributed by atoms with E-state index in [4.69, 9.17) is 16.6 Å². The predicted octanol–water partition coefficient (Wildman–Crippen LogP) is -3.03. The highest BCUT2D eigenvalue weighted by molar-refractivity contribution is 5.97. The standard InChI is InChI=1S/C37H57N9O13/c1-19(39)30(51)43-24(12-8-9-17-38)34(55)44-26(14-16-29(49)50)35(56)46-27(18-23-10-6-5-7-11-23)36(57)45-25(13-15-28(47)48)33(54)41-21(3)31(52)40-20(2)32(53)42-22(4)37(58)59/h5-7,10-11,19-22,24-27H,8-9,12-18,38-39H2,1-4H3,(H,40,52)(H,41,54)(H,42,53)(H,43,51)(H,44,55)(H,45,57)(H,46,56)(H,47,48)(H,49,50)(H,58,59)/t19-,20-,21-,22-,24-,25-,26-,27-/m0/s1. The predicted molar refractivity (Wildman–Crippen MR) is 209 cm³/mol. The van der Waals surface area contributed by atoms with E-state index in [1.165, 1.54) is 27.7 Å². The van der Waals surface area contributed by atoms with Crippen molar-refractivity contribution in [1.82, 2.24) is 37.2 Å². The monoisotopic (exact) mass is 835 g/mol. The van der Waals surface area contributed by atoms with E-state index in [9.17, 15) is 58.2 Å². The van der Waals surface area contributed by atoms with Crippen LogP contribution in [0.3, 0.4) is 0 Å². The third kappa shape index (κ3) is 19.7. The summed E-state index contributed by atoms with van der Waals surface area (Å²) >= 11 is 0. The molecule has 0 radical (unpaired) electrons. The first-order valence-electron chi connectivity index (χ1n) is 18.9. The Hall–Kier alpha value is -6.16. The molecule has 0 aromatic heterocycles. The highest BCUT2D eigenvalue weighted by atomic mass is 16.4. The summed E-state index contributed by atoms with van der Waals surface area (Å²) in [5, 5.41) is 44.5. The van der Waals surface area contributed by atoms with E-state index in [2.05, 4.69) is 37.2 Å². The Morgan fingerprint density at radius 1 is 0.508 bits per heavy atom. The van der Waals surface area contributed by atoms with Gasteiger partial charge in [-0.25, -0.2) is 0 Å². The minimum atomic E-state index is -1.59. The van der Waals surface area contributed by atoms with Crippen molar-refractivity contribution in [3.8, 4) is 0 Å². The van der Waals surface area contributed by atoms with Gasteiger partial charge in [0.05, 0.1) is 6.04 Å². The minimum absolute atomic E-state index is 0.105. The van der Waals surface area contributed by atoms with E-state index in [0.717, 1.165) is 0 Å². The fraction of sp³-hybridized carbons (Fsp3) is 0.568. The minimum Gasteiger partial charge on any atom is -0.481 e. The molecule has 0 aliphatic rings. The number of rotatable bonds is 27. The largest absolute Gasteiger partial charge is 0.481 e. The Bertz CT molecular complexity index is 1640. The molecule has 1 rings (SSSR count). The van der Waals surface area contributed by atoms with Crippen molar-refractivity contribution < 1.29 is 63.3 Å². The van der Waals surface area contributed by atoms with Crippen molar-refractivity contribution in [2.45, 2.75) is 127 Å². The van der Waals surface area contributed by atoms with Crippen LogP contribution in [0, 0.1) is 0 Å². The van der Waals surface area contributed by atoms with Gasteiger partial charge in [-0.1, -0.05) is 30.3 Å². The average Bonchev–Trinajstić information content (AvgIpc) is 3.16. The number of amides is 7. The number of nitrogens with two attached hydrogens (primary N) is 2. The Morgan fingerprint density at radius 2 is 0.898 bits per heavy atom. The van der Waals surface area contributed by atoms with Crippen molar-refractivity contribution in [3.63, 3.8) is 0 Å². The first kappa shape index (κ1) is 50.9. The molecule has 22 nitrogen and oxygen atoms in total. The smallest absolute Gasteiger partial charge is 0.325 e. The Labute approximate surface area is 340 Å². The van der Waals surface area contributed by atoms with Gasteiger partial charge in [-0.2, -0.15) is 0 Å². The van der Waals surface area contributed by atoms with Crippen molar-refractivity contribution in [3.05, 3.63) is 35.9 Å². The molecule has 1 aromatic rings. The molecule has 0 saturated heterocycles. The molecule has 0 saturated carbocycles. The molecule has 0 aliphatic heterocycles. The third-order valence-electron chi connectivity index (χ3n) is 8.70. The van der Waals surface area contributed by atoms with E-state index < -0.39 is 133 Å². The van der Waals surface area contributed by atoms with E-state index in [0.29, 0.717) is 24.9 Å². The van der Waals surface area contributed by atoms with Gasteiger partial charge >= 0.3 is 17.9 Å². The normalized spacial score (nSPS) is 14.9. The molecule has 328 valence electrons. The second-order valence-electron chi connectivity index (χ2n) is 13.9. The number of aliphatic carboxylic acids is 3. The van der Waals surface area contributed by atoms with Crippen LogP contribution in [0.15, 0.2) is 30.3 Å². The molecule has 0 heterocycles. The summed E-state index contributed by atoms with van der Waals surface area (Å²) in [6.07, 6.45) is -1.31. The van der Waals surface area contributed by atoms with Crippen molar-refractivity contribution in [2.75, 3.05) is 6.54 Å². The summed E-state index contributed by atoms with van der Waals surface area (Å²) < 4.78 is 0. The number of carboxylic acids is 3. The molecular weight excluding hydrogens is 778 g/mol. The third-order valence-corrected chi connectivity index (χ3v) is 8.70. The number of carbonyl (C=O) groups is 10. The summed E-state index contributed by atoms with van der Waals surface area (Å²) in [5.41, 5.74) is 11.7. The lowest BCUT2D eigenvalue weighted by atomic mass is 10.0. The van der Waals surface area contributed by atoms with Crippen LogP contribution in [0.2, 0.25) is 0 Å². The number of hydrogen-bond acceptors (Lipinski definition) is 12. The van der Waals surface area contributed by atoms with Crippen LogP contribution in [0.4, 0.5) is 0 Å². The summed E-state index contributed by atoms with van der Waals surface area (Å²) in [7, 11) is 0. The zero-order valence-corrected chi connectivity index (χ0v) is 33.4. The maximum atomic E-state index is 13.9. The first-order chi connectivity index (χ1) is 27.7. The number of unbranched alkanes of at least 4 members (excludes halogenated alkanes) is 1. The molecule has 1 aromatic carbocycles. The SMILES string of the molecule is C[C@H](N)C(=O)N[C@@H](CCCCN)C(=O)N[C@@H](CCC(=O)O)C(=O)N[C@@H](Cc1ccccc1)C(=O)N[C@@H](CCC(=O)O)C(=O)N[C@@H](C)C(=O)N[C@@H](C)C(=O)N[C@@H](C)C(=O)O. The van der Waals surface area contributed by atoms with Crippen LogP contribution >= 0.6 is 0 Å². The number of hydrogen-bond donors (Lipinski definition) is 12. The molecular formula is C37H57N9O13. The summed E-state index contributed by atoms with van der Waals surface area (Å²) in [4.78, 5) is 126. The zero-order valence-electron chi connectivity index (χ0n) is 33.4. The van der Waals surface area contributed by atoms with Gasteiger partial charge in [-0.15, -0.1) is 0 Å². The van der Waals surface area contributed by atoms with Crippen molar-refractivity contribution in [1.29, 1.82) is 0 Å². The van der Waals surface area contributed by atoms with Crippen LogP contribution in [-0.4, -0.2) is 129 Å². The van der Waals surface area contributed by atoms with Crippen molar-refractivity contribution in [2.24, 2.45) is 11.5 Å². The van der Waals surface area contributed by atoms with Crippen LogP contribution in [0.1, 0.15) is 78.2 Å². The fourth-order valence-electron chi connectivity index (χ4n) is 5.20. The topological polar surface area (TPSA) is 368 Å². The van der Waals surface area contributed by atoms with Gasteiger partial charge in [0.25, 0.3) is 0 Å². The molecule has 8 atom stereocenters. The fourth-order valence-corrected chi connectivity index (χ4v) is 5.20. The van der Waals surface area contributed by atoms with Gasteiger partial charge in [-0.05, 0) is 71.9 Å². The molecule has 14 N–H and O–H groups in total. The van der Waals surface area contributed by atoms with Crippen LogP contribution in [0.25, 0.3) is 0 Å². The van der Waals surface area contributed by atoms with Crippen molar-refractivity contribution >= 4 is 59.3 Å². The molecule has 0 unspecified atom stereocenters. The summed E-state index contributed by atoms with van der Waals surface area (Å²) in [6.45, 7) is 5.42. The number of nitrogens with one attached hydrogen (secondary N) is 7. The van der Waals surface area contributed by atoms with Crippen LogP contribution in [0.5, 0.6) is 0 Å². The maximum absolute atomic E-state index is 13.9. The highest BCUT2D eigenvalue weighted by Gasteiger charge is 2.33. The lowest BCUT2D eigenvalue weighted by Gasteiger charge is -2.27. The van der Waals surface area contributed by atoms with Gasteiger partial charge in [0.15, 0.2) is 0 Å². The maximum Gasteiger partial charge on any atom is 0.325 e. The molecule has 7 amide bonds. The average molecular weight is 836 g/mol. The second-order valence-corrected chi connectivity index (χ2v) is 13.9. The lowest BCUT2D eigenvalue weighted by Crippen LogP contribution is -2.60. The number of benzene rings is 1. The van der Waals surface area contributed by atoms with Crippen LogP contribution < -0.4 is 48.7 Å². The number of carbonyl (C=O) groups excluding carboxylic acids is 7. The molecule has 0 aliphatic carbocycles. The molecule has 0 fully saturated rings. The molecule has 59 heavy (non-hydrogen) atoms. The highest BCUT2D eigenvalue weighted by Crippen LogP contribution is 2.09. The quantitative estimate of drug-likeness (QED) is 0.0392. The van der Waals surface area contributed by atoms with Crippen LogP contribution in [-0.2, 0) is 54.4 Å². The first-order valence-corrected chi connectivity index (χ1v) is 18.9.